The molecule has 0 saturated carbocycles. The lowest BCUT2D eigenvalue weighted by atomic mass is 10.1. The molecule has 0 atom stereocenters. The molecule has 0 fully saturated rings. The van der Waals surface area contributed by atoms with Gasteiger partial charge < -0.3 is 16.0 Å². The molecule has 0 unspecified atom stereocenters. The first kappa shape index (κ1) is 17.6. The number of halogens is 1. The summed E-state index contributed by atoms with van der Waals surface area (Å²) in [5.41, 5.74) is 2.17. The Morgan fingerprint density at radius 3 is 2.12 bits per heavy atom. The molecule has 2 rings (SSSR count). The van der Waals surface area contributed by atoms with Gasteiger partial charge in [-0.05, 0) is 42.0 Å². The number of urea groups is 1. The van der Waals surface area contributed by atoms with Crippen molar-refractivity contribution in [1.82, 2.24) is 5.32 Å². The smallest absolute Gasteiger partial charge is 0.319 e. The van der Waals surface area contributed by atoms with E-state index in [2.05, 4.69) is 22.5 Å². The Kier molecular flexibility index (Phi) is 6.40. The van der Waals surface area contributed by atoms with E-state index in [9.17, 15) is 9.59 Å². The lowest BCUT2D eigenvalue weighted by Gasteiger charge is -2.08. The summed E-state index contributed by atoms with van der Waals surface area (Å²) in [5, 5.41) is 8.74. The van der Waals surface area contributed by atoms with E-state index in [4.69, 9.17) is 11.6 Å². The Balaban J connectivity index is 1.86. The summed E-state index contributed by atoms with van der Waals surface area (Å²) in [6, 6.07) is 13.7. The van der Waals surface area contributed by atoms with Crippen molar-refractivity contribution in [1.29, 1.82) is 0 Å². The van der Waals surface area contributed by atoms with Gasteiger partial charge in [-0.1, -0.05) is 29.8 Å². The highest BCUT2D eigenvalue weighted by atomic mass is 35.5. The molecule has 0 aliphatic rings. The number of benzene rings is 2. The van der Waals surface area contributed by atoms with E-state index in [1.807, 2.05) is 12.1 Å². The first-order valence-corrected chi connectivity index (χ1v) is 7.75. The zero-order valence-corrected chi connectivity index (χ0v) is 13.8. The van der Waals surface area contributed by atoms with E-state index in [1.54, 1.807) is 42.5 Å². The second-order valence-corrected chi connectivity index (χ2v) is 5.49. The summed E-state index contributed by atoms with van der Waals surface area (Å²) >= 11 is 5.82. The van der Waals surface area contributed by atoms with E-state index < -0.39 is 0 Å². The van der Waals surface area contributed by atoms with Crippen molar-refractivity contribution in [2.75, 3.05) is 17.2 Å². The van der Waals surface area contributed by atoms with E-state index in [-0.39, 0.29) is 18.4 Å². The summed E-state index contributed by atoms with van der Waals surface area (Å²) in [6.07, 6.45) is 1.86. The highest BCUT2D eigenvalue weighted by molar-refractivity contribution is 6.30. The molecule has 0 aliphatic heterocycles. The number of amides is 3. The van der Waals surface area contributed by atoms with Crippen molar-refractivity contribution in [2.45, 2.75) is 6.42 Å². The van der Waals surface area contributed by atoms with Gasteiger partial charge in [0.05, 0.1) is 6.42 Å². The average molecular weight is 344 g/mol. The molecule has 2 aromatic carbocycles. The van der Waals surface area contributed by atoms with Gasteiger partial charge in [-0.25, -0.2) is 4.79 Å². The van der Waals surface area contributed by atoms with E-state index in [1.165, 1.54) is 0 Å². The third kappa shape index (κ3) is 5.78. The van der Waals surface area contributed by atoms with Crippen LogP contribution in [0.25, 0.3) is 0 Å². The second kappa shape index (κ2) is 8.74. The first-order chi connectivity index (χ1) is 11.6. The number of carbonyl (C=O) groups is 2. The van der Waals surface area contributed by atoms with Crippen LogP contribution in [0.3, 0.4) is 0 Å². The van der Waals surface area contributed by atoms with Crippen LogP contribution in [0.1, 0.15) is 5.56 Å². The predicted octanol–water partition coefficient (Wildman–Crippen LogP) is 3.83. The maximum atomic E-state index is 12.0. The first-order valence-electron chi connectivity index (χ1n) is 7.37. The zero-order chi connectivity index (χ0) is 17.4. The van der Waals surface area contributed by atoms with Crippen LogP contribution in [0.2, 0.25) is 5.02 Å². The average Bonchev–Trinajstić information content (AvgIpc) is 2.57. The topological polar surface area (TPSA) is 70.2 Å². The van der Waals surface area contributed by atoms with Crippen LogP contribution >= 0.6 is 11.6 Å². The molecule has 0 aliphatic carbocycles. The molecule has 124 valence electrons. The van der Waals surface area contributed by atoms with Crippen LogP contribution in [-0.4, -0.2) is 18.5 Å². The third-order valence-electron chi connectivity index (χ3n) is 3.11. The Morgan fingerprint density at radius 2 is 1.54 bits per heavy atom. The molecule has 24 heavy (non-hydrogen) atoms. The van der Waals surface area contributed by atoms with Gasteiger partial charge in [-0.15, -0.1) is 6.58 Å². The Hall–Kier alpha value is -2.79. The van der Waals surface area contributed by atoms with E-state index in [0.717, 1.165) is 5.56 Å². The summed E-state index contributed by atoms with van der Waals surface area (Å²) in [5.74, 6) is -0.123. The quantitative estimate of drug-likeness (QED) is 0.698. The molecular weight excluding hydrogens is 326 g/mol. The van der Waals surface area contributed by atoms with E-state index >= 15 is 0 Å². The van der Waals surface area contributed by atoms with Crippen molar-refractivity contribution >= 4 is 34.9 Å². The maximum Gasteiger partial charge on any atom is 0.319 e. The van der Waals surface area contributed by atoms with Gasteiger partial charge >= 0.3 is 6.03 Å². The Morgan fingerprint density at radius 1 is 0.958 bits per heavy atom. The molecule has 0 radical (unpaired) electrons. The predicted molar refractivity (Wildman–Crippen MR) is 97.4 cm³/mol. The number of anilines is 2. The van der Waals surface area contributed by atoms with Gasteiger partial charge in [0.25, 0.3) is 0 Å². The number of carbonyl (C=O) groups excluding carboxylic acids is 2. The summed E-state index contributed by atoms with van der Waals surface area (Å²) < 4.78 is 0. The van der Waals surface area contributed by atoms with E-state index in [0.29, 0.717) is 22.9 Å². The molecular formula is C18H18ClN3O2. The van der Waals surface area contributed by atoms with Crippen molar-refractivity contribution < 1.29 is 9.59 Å². The fourth-order valence-corrected chi connectivity index (χ4v) is 2.10. The third-order valence-corrected chi connectivity index (χ3v) is 3.36. The highest BCUT2D eigenvalue weighted by Crippen LogP contribution is 2.15. The molecule has 0 heterocycles. The Labute approximate surface area is 145 Å². The van der Waals surface area contributed by atoms with Crippen molar-refractivity contribution in [3.63, 3.8) is 0 Å². The molecule has 0 spiro atoms. The van der Waals surface area contributed by atoms with Gasteiger partial charge in [0, 0.05) is 22.9 Å². The largest absolute Gasteiger partial charge is 0.334 e. The SMILES string of the molecule is C=CCNC(=O)Nc1ccc(NC(=O)Cc2ccc(Cl)cc2)cc1. The van der Waals surface area contributed by atoms with Crippen LogP contribution in [0.4, 0.5) is 16.2 Å². The van der Waals surface area contributed by atoms with Gasteiger partial charge in [0.15, 0.2) is 0 Å². The second-order valence-electron chi connectivity index (χ2n) is 5.05. The van der Waals surface area contributed by atoms with Crippen LogP contribution in [0.15, 0.2) is 61.2 Å². The minimum absolute atomic E-state index is 0.123. The molecule has 6 heteroatoms. The molecule has 0 saturated heterocycles. The van der Waals surface area contributed by atoms with Crippen LogP contribution in [0, 0.1) is 0 Å². The maximum absolute atomic E-state index is 12.0. The minimum atomic E-state index is -0.311. The summed E-state index contributed by atoms with van der Waals surface area (Å²) in [7, 11) is 0. The van der Waals surface area contributed by atoms with Crippen molar-refractivity contribution in [2.24, 2.45) is 0 Å². The fraction of sp³-hybridized carbons (Fsp3) is 0.111. The molecule has 0 bridgehead atoms. The van der Waals surface area contributed by atoms with Gasteiger partial charge in [-0.2, -0.15) is 0 Å². The molecule has 3 N–H and O–H groups in total. The van der Waals surface area contributed by atoms with Gasteiger partial charge in [0.2, 0.25) is 5.91 Å². The number of hydrogen-bond donors (Lipinski definition) is 3. The molecule has 0 aromatic heterocycles. The van der Waals surface area contributed by atoms with Crippen LogP contribution in [0.5, 0.6) is 0 Å². The van der Waals surface area contributed by atoms with Crippen LogP contribution in [-0.2, 0) is 11.2 Å². The van der Waals surface area contributed by atoms with Gasteiger partial charge in [-0.3, -0.25) is 4.79 Å². The van der Waals surface area contributed by atoms with Crippen molar-refractivity contribution in [3.05, 3.63) is 71.8 Å². The minimum Gasteiger partial charge on any atom is -0.334 e. The normalized spacial score (nSPS) is 9.88. The lowest BCUT2D eigenvalue weighted by Crippen LogP contribution is -2.28. The zero-order valence-electron chi connectivity index (χ0n) is 13.0. The molecule has 2 aromatic rings. The summed E-state index contributed by atoms with van der Waals surface area (Å²) in [4.78, 5) is 23.5. The fourth-order valence-electron chi connectivity index (χ4n) is 1.97. The number of rotatable bonds is 6. The van der Waals surface area contributed by atoms with Crippen LogP contribution < -0.4 is 16.0 Å². The summed E-state index contributed by atoms with van der Waals surface area (Å²) in [6.45, 7) is 3.92. The monoisotopic (exact) mass is 343 g/mol. The number of hydrogen-bond acceptors (Lipinski definition) is 2. The number of nitrogens with one attached hydrogen (secondary N) is 3. The van der Waals surface area contributed by atoms with Gasteiger partial charge in [0.1, 0.15) is 0 Å². The lowest BCUT2D eigenvalue weighted by molar-refractivity contribution is -0.115. The molecule has 3 amide bonds. The molecule has 5 nitrogen and oxygen atoms in total. The standard InChI is InChI=1S/C18H18ClN3O2/c1-2-11-20-18(24)22-16-9-7-15(8-10-16)21-17(23)12-13-3-5-14(19)6-4-13/h2-10H,1,11-12H2,(H,21,23)(H2,20,22,24). The highest BCUT2D eigenvalue weighted by Gasteiger charge is 2.05. The van der Waals surface area contributed by atoms with Crippen molar-refractivity contribution in [3.8, 4) is 0 Å². The Bertz CT molecular complexity index is 712.